The second kappa shape index (κ2) is 7.42. The van der Waals surface area contributed by atoms with Crippen LogP contribution in [-0.2, 0) is 0 Å². The number of piperidine rings is 1. The fourth-order valence-electron chi connectivity index (χ4n) is 3.29. The van der Waals surface area contributed by atoms with Gasteiger partial charge in [0.2, 0.25) is 0 Å². The lowest BCUT2D eigenvalue weighted by molar-refractivity contribution is 0.0841. The van der Waals surface area contributed by atoms with E-state index in [0.717, 1.165) is 19.6 Å². The van der Waals surface area contributed by atoms with Crippen molar-refractivity contribution in [3.63, 3.8) is 0 Å². The summed E-state index contributed by atoms with van der Waals surface area (Å²) < 4.78 is 0. The number of hydrogen-bond donors (Lipinski definition) is 0. The molecule has 1 aromatic carbocycles. The molecule has 0 N–H and O–H groups in total. The number of carbonyl (C=O) groups excluding carboxylic acids is 1. The van der Waals surface area contributed by atoms with E-state index in [2.05, 4.69) is 18.7 Å². The zero-order chi connectivity index (χ0) is 15.3. The first kappa shape index (κ1) is 16.5. The minimum atomic E-state index is 0.156. The molecule has 0 saturated carbocycles. The summed E-state index contributed by atoms with van der Waals surface area (Å²) in [4.78, 5) is 14.7. The molecule has 116 valence electrons. The Morgan fingerprint density at radius 3 is 2.38 bits per heavy atom. The molecule has 3 heteroatoms. The van der Waals surface area contributed by atoms with Crippen molar-refractivity contribution in [3.05, 3.63) is 34.9 Å². The van der Waals surface area contributed by atoms with Crippen LogP contribution in [0.5, 0.6) is 0 Å². The number of hydrogen-bond acceptors (Lipinski definition) is 2. The predicted molar refractivity (Wildman–Crippen MR) is 89.1 cm³/mol. The van der Waals surface area contributed by atoms with E-state index in [4.69, 9.17) is 11.6 Å². The average Bonchev–Trinajstić information content (AvgIpc) is 2.53. The van der Waals surface area contributed by atoms with Gasteiger partial charge in [-0.05, 0) is 43.5 Å². The summed E-state index contributed by atoms with van der Waals surface area (Å²) in [6.07, 6.45) is 5.64. The number of rotatable bonds is 6. The number of nitrogens with zero attached hydrogens (tertiary/aromatic N) is 1. The minimum absolute atomic E-state index is 0.156. The largest absolute Gasteiger partial charge is 0.303 e. The van der Waals surface area contributed by atoms with Gasteiger partial charge < -0.3 is 4.90 Å². The van der Waals surface area contributed by atoms with E-state index in [1.54, 1.807) is 6.07 Å². The number of ketones is 1. The van der Waals surface area contributed by atoms with Gasteiger partial charge in [0.1, 0.15) is 0 Å². The van der Waals surface area contributed by atoms with Gasteiger partial charge in [-0.3, -0.25) is 4.79 Å². The van der Waals surface area contributed by atoms with E-state index in [-0.39, 0.29) is 5.78 Å². The smallest absolute Gasteiger partial charge is 0.165 e. The number of likely N-dealkylation sites (tertiary alicyclic amines) is 1. The van der Waals surface area contributed by atoms with Gasteiger partial charge in [-0.1, -0.05) is 50.4 Å². The lowest BCUT2D eigenvalue weighted by atomic mass is 9.74. The highest BCUT2D eigenvalue weighted by Crippen LogP contribution is 2.37. The normalized spacial score (nSPS) is 18.6. The van der Waals surface area contributed by atoms with E-state index < -0.39 is 0 Å². The standard InChI is InChI=1S/C18H26ClNO/c1-3-18(4-2)10-13-20(14-11-18)12-9-17(21)15-7-5-6-8-16(15)19/h5-8H,3-4,9-14H2,1-2H3. The monoisotopic (exact) mass is 307 g/mol. The number of carbonyl (C=O) groups is 1. The minimum Gasteiger partial charge on any atom is -0.303 e. The maximum Gasteiger partial charge on any atom is 0.165 e. The summed E-state index contributed by atoms with van der Waals surface area (Å²) in [5, 5.41) is 0.567. The summed E-state index contributed by atoms with van der Waals surface area (Å²) >= 11 is 6.08. The Labute approximate surface area is 133 Å². The van der Waals surface area contributed by atoms with Crippen LogP contribution in [-0.4, -0.2) is 30.3 Å². The van der Waals surface area contributed by atoms with Crippen LogP contribution >= 0.6 is 11.6 Å². The van der Waals surface area contributed by atoms with Gasteiger partial charge in [0.15, 0.2) is 5.78 Å². The SMILES string of the molecule is CCC1(CC)CCN(CCC(=O)c2ccccc2Cl)CC1. The molecule has 0 aromatic heterocycles. The molecule has 0 amide bonds. The fraction of sp³-hybridized carbons (Fsp3) is 0.611. The highest BCUT2D eigenvalue weighted by atomic mass is 35.5. The molecule has 1 fully saturated rings. The molecule has 0 aliphatic carbocycles. The van der Waals surface area contributed by atoms with Crippen LogP contribution in [0.4, 0.5) is 0 Å². The molecule has 1 aliphatic rings. The number of benzene rings is 1. The van der Waals surface area contributed by atoms with E-state index in [1.165, 1.54) is 25.7 Å². The van der Waals surface area contributed by atoms with Crippen molar-refractivity contribution in [1.29, 1.82) is 0 Å². The quantitative estimate of drug-likeness (QED) is 0.703. The fourth-order valence-corrected chi connectivity index (χ4v) is 3.53. The van der Waals surface area contributed by atoms with E-state index >= 15 is 0 Å². The first-order valence-corrected chi connectivity index (χ1v) is 8.48. The zero-order valence-electron chi connectivity index (χ0n) is 13.2. The van der Waals surface area contributed by atoms with Crippen LogP contribution in [0, 0.1) is 5.41 Å². The van der Waals surface area contributed by atoms with Crippen molar-refractivity contribution in [2.24, 2.45) is 5.41 Å². The van der Waals surface area contributed by atoms with Gasteiger partial charge in [0.05, 0.1) is 5.02 Å². The van der Waals surface area contributed by atoms with Crippen LogP contribution in [0.1, 0.15) is 56.3 Å². The highest BCUT2D eigenvalue weighted by molar-refractivity contribution is 6.33. The van der Waals surface area contributed by atoms with Gasteiger partial charge in [-0.25, -0.2) is 0 Å². The lowest BCUT2D eigenvalue weighted by Gasteiger charge is -2.41. The Balaban J connectivity index is 1.83. The van der Waals surface area contributed by atoms with E-state index in [1.807, 2.05) is 18.2 Å². The Hall–Kier alpha value is -0.860. The van der Waals surface area contributed by atoms with Gasteiger partial charge in [0.25, 0.3) is 0 Å². The van der Waals surface area contributed by atoms with Gasteiger partial charge in [-0.2, -0.15) is 0 Å². The summed E-state index contributed by atoms with van der Waals surface area (Å²) in [6.45, 7) is 7.71. The molecule has 1 aromatic rings. The molecule has 1 saturated heterocycles. The average molecular weight is 308 g/mol. The molecule has 1 heterocycles. The van der Waals surface area contributed by atoms with Crippen LogP contribution in [0.2, 0.25) is 5.02 Å². The molecule has 0 unspecified atom stereocenters. The Morgan fingerprint density at radius 2 is 1.81 bits per heavy atom. The third-order valence-electron chi connectivity index (χ3n) is 5.25. The maximum absolute atomic E-state index is 12.2. The maximum atomic E-state index is 12.2. The summed E-state index contributed by atoms with van der Waals surface area (Å²) in [5.74, 6) is 0.156. The van der Waals surface area contributed by atoms with E-state index in [9.17, 15) is 4.79 Å². The Morgan fingerprint density at radius 1 is 1.19 bits per heavy atom. The van der Waals surface area contributed by atoms with Gasteiger partial charge in [0, 0.05) is 18.5 Å². The first-order valence-electron chi connectivity index (χ1n) is 8.10. The third-order valence-corrected chi connectivity index (χ3v) is 5.58. The van der Waals surface area contributed by atoms with Crippen molar-refractivity contribution in [2.75, 3.05) is 19.6 Å². The van der Waals surface area contributed by atoms with Crippen LogP contribution in [0.25, 0.3) is 0 Å². The molecular weight excluding hydrogens is 282 g/mol. The molecule has 0 radical (unpaired) electrons. The predicted octanol–water partition coefficient (Wildman–Crippen LogP) is 4.82. The Bertz CT molecular complexity index is 472. The summed E-state index contributed by atoms with van der Waals surface area (Å²) in [7, 11) is 0. The summed E-state index contributed by atoms with van der Waals surface area (Å²) in [5.41, 5.74) is 1.20. The van der Waals surface area contributed by atoms with Crippen LogP contribution in [0.3, 0.4) is 0 Å². The van der Waals surface area contributed by atoms with Crippen molar-refractivity contribution < 1.29 is 4.79 Å². The van der Waals surface area contributed by atoms with Crippen LogP contribution in [0.15, 0.2) is 24.3 Å². The molecule has 21 heavy (non-hydrogen) atoms. The molecule has 2 rings (SSSR count). The molecule has 0 bridgehead atoms. The highest BCUT2D eigenvalue weighted by Gasteiger charge is 2.31. The molecule has 0 atom stereocenters. The molecule has 1 aliphatic heterocycles. The topological polar surface area (TPSA) is 20.3 Å². The second-order valence-corrected chi connectivity index (χ2v) is 6.61. The molecule has 0 spiro atoms. The van der Waals surface area contributed by atoms with E-state index in [0.29, 0.717) is 22.4 Å². The summed E-state index contributed by atoms with van der Waals surface area (Å²) in [6, 6.07) is 7.34. The van der Waals surface area contributed by atoms with Gasteiger partial charge in [-0.15, -0.1) is 0 Å². The second-order valence-electron chi connectivity index (χ2n) is 6.20. The van der Waals surface area contributed by atoms with Crippen LogP contribution < -0.4 is 0 Å². The number of Topliss-reactive ketones (excluding diaryl/α,β-unsaturated/α-hetero) is 1. The van der Waals surface area contributed by atoms with Gasteiger partial charge >= 0.3 is 0 Å². The first-order chi connectivity index (χ1) is 10.1. The third kappa shape index (κ3) is 4.08. The number of halogens is 1. The molecule has 2 nitrogen and oxygen atoms in total. The molecular formula is C18H26ClNO. The van der Waals surface area contributed by atoms with Crippen molar-refractivity contribution in [1.82, 2.24) is 4.90 Å². The zero-order valence-corrected chi connectivity index (χ0v) is 14.0. The van der Waals surface area contributed by atoms with Crippen molar-refractivity contribution in [2.45, 2.75) is 46.0 Å². The lowest BCUT2D eigenvalue weighted by Crippen LogP contribution is -2.40. The van der Waals surface area contributed by atoms with Crippen molar-refractivity contribution >= 4 is 17.4 Å². The Kier molecular flexibility index (Phi) is 5.83. The van der Waals surface area contributed by atoms with Crippen molar-refractivity contribution in [3.8, 4) is 0 Å².